The number of imidazole rings is 1. The maximum atomic E-state index is 12.8. The molecular weight excluding hydrogens is 434 g/mol. The zero-order valence-corrected chi connectivity index (χ0v) is 19.7. The Balaban J connectivity index is 1.44. The number of aryl methyl sites for hydroxylation is 2. The number of fused-ring (bicyclic) bond motifs is 1. The van der Waals surface area contributed by atoms with E-state index in [2.05, 4.69) is 16.0 Å². The lowest BCUT2D eigenvalue weighted by Gasteiger charge is -2.17. The van der Waals surface area contributed by atoms with Crippen molar-refractivity contribution in [1.29, 1.82) is 0 Å². The molecule has 1 amide bonds. The van der Waals surface area contributed by atoms with E-state index in [1.807, 2.05) is 80.6 Å². The number of carbonyl (C=O) groups is 1. The van der Waals surface area contributed by atoms with E-state index in [1.165, 1.54) is 0 Å². The molecule has 1 unspecified atom stereocenters. The lowest BCUT2D eigenvalue weighted by molar-refractivity contribution is 0.0937. The molecule has 0 radical (unpaired) electrons. The second kappa shape index (κ2) is 10.5. The van der Waals surface area contributed by atoms with Crippen LogP contribution in [0.2, 0.25) is 5.02 Å². The molecule has 3 aromatic carbocycles. The van der Waals surface area contributed by atoms with Crippen molar-refractivity contribution >= 4 is 28.5 Å². The summed E-state index contributed by atoms with van der Waals surface area (Å²) >= 11 is 6.16. The van der Waals surface area contributed by atoms with Gasteiger partial charge in [0, 0.05) is 12.1 Å². The van der Waals surface area contributed by atoms with Gasteiger partial charge in [0.05, 0.1) is 28.7 Å². The number of carbonyl (C=O) groups excluding carboxylic acids is 1. The van der Waals surface area contributed by atoms with Crippen molar-refractivity contribution in [2.45, 2.75) is 39.3 Å². The van der Waals surface area contributed by atoms with E-state index in [-0.39, 0.29) is 11.9 Å². The molecule has 170 valence electrons. The molecule has 4 rings (SSSR count). The number of nitrogens with zero attached hydrogens (tertiary/aromatic N) is 2. The van der Waals surface area contributed by atoms with Gasteiger partial charge in [0.25, 0.3) is 5.91 Å². The Kier molecular flexibility index (Phi) is 7.30. The summed E-state index contributed by atoms with van der Waals surface area (Å²) in [4.78, 5) is 17.6. The number of benzene rings is 3. The van der Waals surface area contributed by atoms with E-state index in [9.17, 15) is 4.79 Å². The zero-order chi connectivity index (χ0) is 23.2. The predicted octanol–water partition coefficient (Wildman–Crippen LogP) is 6.35. The highest BCUT2D eigenvalue weighted by atomic mass is 35.5. The standard InChI is InChI=1S/C27H28ClN3O2/c1-19-10-9-11-21(18-19)27(32)29-20(2)26-30-23-13-4-5-14-24(23)31(26)16-7-8-17-33-25-15-6-3-12-22(25)28/h3-6,9-15,18,20H,7-8,16-17H2,1-2H3,(H,29,32). The van der Waals surface area contributed by atoms with E-state index in [0.717, 1.165) is 41.8 Å². The Morgan fingerprint density at radius 2 is 1.85 bits per heavy atom. The smallest absolute Gasteiger partial charge is 0.251 e. The second-order valence-electron chi connectivity index (χ2n) is 8.16. The molecule has 1 N–H and O–H groups in total. The van der Waals surface area contributed by atoms with Gasteiger partial charge in [-0.3, -0.25) is 4.79 Å². The van der Waals surface area contributed by atoms with Crippen LogP contribution in [0.3, 0.4) is 0 Å². The fourth-order valence-corrected chi connectivity index (χ4v) is 4.10. The van der Waals surface area contributed by atoms with Crippen LogP contribution in [0.1, 0.15) is 47.6 Å². The van der Waals surface area contributed by atoms with Crippen LogP contribution < -0.4 is 10.1 Å². The highest BCUT2D eigenvalue weighted by molar-refractivity contribution is 6.32. The summed E-state index contributed by atoms with van der Waals surface area (Å²) < 4.78 is 8.02. The summed E-state index contributed by atoms with van der Waals surface area (Å²) in [5.74, 6) is 1.46. The molecule has 6 heteroatoms. The average Bonchev–Trinajstić information content (AvgIpc) is 3.19. The molecular formula is C27H28ClN3O2. The molecule has 5 nitrogen and oxygen atoms in total. The third kappa shape index (κ3) is 5.55. The van der Waals surface area contributed by atoms with Crippen LogP contribution in [-0.4, -0.2) is 22.1 Å². The number of rotatable bonds is 9. The molecule has 1 aromatic heterocycles. The van der Waals surface area contributed by atoms with Gasteiger partial charge >= 0.3 is 0 Å². The van der Waals surface area contributed by atoms with E-state index >= 15 is 0 Å². The molecule has 0 aliphatic rings. The van der Waals surface area contributed by atoms with Gasteiger partial charge in [0.15, 0.2) is 0 Å². The highest BCUT2D eigenvalue weighted by Crippen LogP contribution is 2.24. The largest absolute Gasteiger partial charge is 0.492 e. The lowest BCUT2D eigenvalue weighted by Crippen LogP contribution is -2.28. The minimum absolute atomic E-state index is 0.0991. The number of unbranched alkanes of at least 4 members (excludes halogenated alkanes) is 1. The number of halogens is 1. The van der Waals surface area contributed by atoms with Crippen molar-refractivity contribution < 1.29 is 9.53 Å². The van der Waals surface area contributed by atoms with Crippen molar-refractivity contribution in [1.82, 2.24) is 14.9 Å². The fourth-order valence-electron chi connectivity index (χ4n) is 3.91. The summed E-state index contributed by atoms with van der Waals surface area (Å²) in [7, 11) is 0. The SMILES string of the molecule is Cc1cccc(C(=O)NC(C)c2nc3ccccc3n2CCCCOc2ccccc2Cl)c1. The number of aromatic nitrogens is 2. The van der Waals surface area contributed by atoms with E-state index < -0.39 is 0 Å². The summed E-state index contributed by atoms with van der Waals surface area (Å²) in [5.41, 5.74) is 3.70. The molecule has 33 heavy (non-hydrogen) atoms. The summed E-state index contributed by atoms with van der Waals surface area (Å²) in [6.45, 7) is 5.33. The molecule has 0 spiro atoms. The Morgan fingerprint density at radius 1 is 1.06 bits per heavy atom. The van der Waals surface area contributed by atoms with Gasteiger partial charge in [-0.25, -0.2) is 4.98 Å². The van der Waals surface area contributed by atoms with Crippen molar-refractivity contribution in [2.75, 3.05) is 6.61 Å². The first-order chi connectivity index (χ1) is 16.0. The third-order valence-corrected chi connectivity index (χ3v) is 5.88. The van der Waals surface area contributed by atoms with Gasteiger partial charge in [-0.15, -0.1) is 0 Å². The van der Waals surface area contributed by atoms with Gasteiger partial charge in [-0.2, -0.15) is 0 Å². The first-order valence-electron chi connectivity index (χ1n) is 11.2. The Labute approximate surface area is 199 Å². The monoisotopic (exact) mass is 461 g/mol. The quantitative estimate of drug-likeness (QED) is 0.295. The zero-order valence-electron chi connectivity index (χ0n) is 18.9. The van der Waals surface area contributed by atoms with Gasteiger partial charge in [0.2, 0.25) is 0 Å². The number of amides is 1. The minimum atomic E-state index is -0.232. The van der Waals surface area contributed by atoms with Crippen LogP contribution in [0.25, 0.3) is 11.0 Å². The number of hydrogen-bond acceptors (Lipinski definition) is 3. The lowest BCUT2D eigenvalue weighted by atomic mass is 10.1. The Morgan fingerprint density at radius 3 is 2.67 bits per heavy atom. The summed E-state index contributed by atoms with van der Waals surface area (Å²) in [5, 5.41) is 3.73. The minimum Gasteiger partial charge on any atom is -0.492 e. The second-order valence-corrected chi connectivity index (χ2v) is 8.57. The van der Waals surface area contributed by atoms with Crippen LogP contribution in [0.4, 0.5) is 0 Å². The Hall–Kier alpha value is -3.31. The van der Waals surface area contributed by atoms with Crippen LogP contribution in [-0.2, 0) is 6.54 Å². The molecule has 1 atom stereocenters. The number of ether oxygens (including phenoxy) is 1. The molecule has 0 aliphatic heterocycles. The maximum Gasteiger partial charge on any atom is 0.251 e. The van der Waals surface area contributed by atoms with Crippen LogP contribution in [0.5, 0.6) is 5.75 Å². The number of nitrogens with one attached hydrogen (secondary N) is 1. The predicted molar refractivity (Wildman–Crippen MR) is 133 cm³/mol. The van der Waals surface area contributed by atoms with Gasteiger partial charge in [0.1, 0.15) is 11.6 Å². The third-order valence-electron chi connectivity index (χ3n) is 5.57. The average molecular weight is 462 g/mol. The van der Waals surface area contributed by atoms with Gasteiger partial charge in [-0.1, -0.05) is 53.6 Å². The molecule has 0 fully saturated rings. The fraction of sp³-hybridized carbons (Fsp3) is 0.259. The van der Waals surface area contributed by atoms with Gasteiger partial charge < -0.3 is 14.6 Å². The van der Waals surface area contributed by atoms with Crippen molar-refractivity contribution in [2.24, 2.45) is 0 Å². The normalized spacial score (nSPS) is 12.0. The van der Waals surface area contributed by atoms with Crippen LogP contribution in [0, 0.1) is 6.92 Å². The van der Waals surface area contributed by atoms with E-state index in [0.29, 0.717) is 22.9 Å². The molecule has 4 aromatic rings. The van der Waals surface area contributed by atoms with Crippen molar-refractivity contribution in [3.05, 3.63) is 94.8 Å². The molecule has 0 bridgehead atoms. The van der Waals surface area contributed by atoms with E-state index in [4.69, 9.17) is 21.3 Å². The number of hydrogen-bond donors (Lipinski definition) is 1. The molecule has 0 saturated heterocycles. The number of para-hydroxylation sites is 3. The first kappa shape index (κ1) is 22.9. The molecule has 0 aliphatic carbocycles. The van der Waals surface area contributed by atoms with Crippen molar-refractivity contribution in [3.63, 3.8) is 0 Å². The Bertz CT molecular complexity index is 1250. The maximum absolute atomic E-state index is 12.8. The first-order valence-corrected chi connectivity index (χ1v) is 11.6. The van der Waals surface area contributed by atoms with Crippen molar-refractivity contribution in [3.8, 4) is 5.75 Å². The highest BCUT2D eigenvalue weighted by Gasteiger charge is 2.19. The van der Waals surface area contributed by atoms with Crippen LogP contribution >= 0.6 is 11.6 Å². The molecule has 1 heterocycles. The topological polar surface area (TPSA) is 56.2 Å². The van der Waals surface area contributed by atoms with E-state index in [1.54, 1.807) is 0 Å². The summed E-state index contributed by atoms with van der Waals surface area (Å²) in [6.07, 6.45) is 1.79. The van der Waals surface area contributed by atoms with Crippen LogP contribution in [0.15, 0.2) is 72.8 Å². The van der Waals surface area contributed by atoms with Gasteiger partial charge in [-0.05, 0) is 63.1 Å². The summed E-state index contributed by atoms with van der Waals surface area (Å²) in [6, 6.07) is 23.0. The molecule has 0 saturated carbocycles.